The van der Waals surface area contributed by atoms with Crippen LogP contribution < -0.4 is 5.32 Å². The molecule has 0 aliphatic heterocycles. The van der Waals surface area contributed by atoms with E-state index in [0.717, 1.165) is 12.1 Å². The molecule has 2 nitrogen and oxygen atoms in total. The second-order valence-corrected chi connectivity index (χ2v) is 4.92. The monoisotopic (exact) mass is 291 g/mol. The van der Waals surface area contributed by atoms with Crippen LogP contribution in [0.4, 0.5) is 0 Å². The summed E-state index contributed by atoms with van der Waals surface area (Å²) in [5.41, 5.74) is 0.776. The molecular formula is C20H21NO. The molecule has 0 aliphatic rings. The van der Waals surface area contributed by atoms with Crippen LogP contribution in [0.15, 0.2) is 78.9 Å². The van der Waals surface area contributed by atoms with Gasteiger partial charge < -0.3 is 5.32 Å². The highest BCUT2D eigenvalue weighted by Crippen LogP contribution is 2.11. The number of carbonyl (C=O) groups is 1. The molecule has 2 heteroatoms. The predicted molar refractivity (Wildman–Crippen MR) is 93.3 cm³/mol. The van der Waals surface area contributed by atoms with Gasteiger partial charge in [-0.1, -0.05) is 85.8 Å². The second-order valence-electron chi connectivity index (χ2n) is 4.92. The maximum Gasteiger partial charge on any atom is 0.176 e. The van der Waals surface area contributed by atoms with Crippen molar-refractivity contribution in [2.75, 3.05) is 13.1 Å². The van der Waals surface area contributed by atoms with Crippen LogP contribution in [0.5, 0.6) is 0 Å². The molecule has 112 valence electrons. The van der Waals surface area contributed by atoms with Crippen molar-refractivity contribution in [2.24, 2.45) is 0 Å². The summed E-state index contributed by atoms with van der Waals surface area (Å²) in [4.78, 5) is 11.3. The number of hydrogen-bond acceptors (Lipinski definition) is 2. The lowest BCUT2D eigenvalue weighted by Crippen LogP contribution is -2.22. The van der Waals surface area contributed by atoms with Crippen molar-refractivity contribution in [1.29, 1.82) is 0 Å². The maximum atomic E-state index is 11.3. The van der Waals surface area contributed by atoms with Gasteiger partial charge in [-0.25, -0.2) is 0 Å². The largest absolute Gasteiger partial charge is 0.310 e. The average molecular weight is 291 g/mol. The highest BCUT2D eigenvalue weighted by molar-refractivity contribution is 5.97. The lowest BCUT2D eigenvalue weighted by molar-refractivity contribution is 0.0992. The highest BCUT2D eigenvalue weighted by atomic mass is 16.1. The third-order valence-electron chi connectivity index (χ3n) is 3.29. The molecule has 0 fully saturated rings. The molecule has 3 aromatic rings. The Morgan fingerprint density at radius 1 is 0.773 bits per heavy atom. The minimum Gasteiger partial charge on any atom is -0.310 e. The number of ketones is 1. The first-order valence-corrected chi connectivity index (χ1v) is 7.54. The number of benzene rings is 3. The first-order chi connectivity index (χ1) is 10.8. The van der Waals surface area contributed by atoms with Crippen LogP contribution in [0.25, 0.3) is 10.8 Å². The zero-order chi connectivity index (χ0) is 15.6. The van der Waals surface area contributed by atoms with E-state index < -0.39 is 0 Å². The summed E-state index contributed by atoms with van der Waals surface area (Å²) < 4.78 is 0. The van der Waals surface area contributed by atoms with Crippen LogP contribution in [-0.4, -0.2) is 18.9 Å². The van der Waals surface area contributed by atoms with Crippen LogP contribution in [0, 0.1) is 0 Å². The number of likely N-dealkylation sites (N-methyl/N-ethyl adjacent to an activating group) is 1. The Morgan fingerprint density at radius 3 is 1.68 bits per heavy atom. The number of hydrogen-bond donors (Lipinski definition) is 1. The molecule has 0 heterocycles. The number of Topliss-reactive ketones (excluding diaryl/α,β-unsaturated/α-hetero) is 1. The molecule has 0 aromatic heterocycles. The Morgan fingerprint density at radius 2 is 1.23 bits per heavy atom. The number of nitrogens with one attached hydrogen (secondary N) is 1. The van der Waals surface area contributed by atoms with Crippen molar-refractivity contribution in [1.82, 2.24) is 5.32 Å². The quantitative estimate of drug-likeness (QED) is 0.725. The molecule has 0 spiro atoms. The van der Waals surface area contributed by atoms with Crippen LogP contribution in [0.3, 0.4) is 0 Å². The minimum absolute atomic E-state index is 0.150. The van der Waals surface area contributed by atoms with E-state index in [0.29, 0.717) is 6.54 Å². The first kappa shape index (κ1) is 15.9. The molecule has 0 bridgehead atoms. The van der Waals surface area contributed by atoms with Crippen molar-refractivity contribution in [2.45, 2.75) is 6.92 Å². The van der Waals surface area contributed by atoms with Crippen molar-refractivity contribution < 1.29 is 4.79 Å². The van der Waals surface area contributed by atoms with Crippen LogP contribution in [0.1, 0.15) is 17.3 Å². The molecule has 0 saturated carbocycles. The van der Waals surface area contributed by atoms with E-state index in [4.69, 9.17) is 0 Å². The number of rotatable bonds is 4. The summed E-state index contributed by atoms with van der Waals surface area (Å²) in [6, 6.07) is 26.0. The second kappa shape index (κ2) is 8.75. The molecule has 0 radical (unpaired) electrons. The molecule has 3 rings (SSSR count). The van der Waals surface area contributed by atoms with Gasteiger partial charge >= 0.3 is 0 Å². The Bertz CT molecular complexity index is 641. The molecule has 1 N–H and O–H groups in total. The summed E-state index contributed by atoms with van der Waals surface area (Å²) >= 11 is 0. The Labute approximate surface area is 131 Å². The van der Waals surface area contributed by atoms with Crippen LogP contribution in [0.2, 0.25) is 0 Å². The van der Waals surface area contributed by atoms with Gasteiger partial charge in [0.1, 0.15) is 0 Å². The fourth-order valence-corrected chi connectivity index (χ4v) is 2.10. The van der Waals surface area contributed by atoms with Crippen molar-refractivity contribution in [3.8, 4) is 0 Å². The normalized spacial score (nSPS) is 9.86. The molecular weight excluding hydrogens is 270 g/mol. The molecule has 0 unspecified atom stereocenters. The fourth-order valence-electron chi connectivity index (χ4n) is 2.10. The van der Waals surface area contributed by atoms with E-state index in [9.17, 15) is 4.79 Å². The maximum absolute atomic E-state index is 11.3. The average Bonchev–Trinajstić information content (AvgIpc) is 2.61. The Balaban J connectivity index is 0.000000162. The summed E-state index contributed by atoms with van der Waals surface area (Å²) in [6.45, 7) is 3.25. The van der Waals surface area contributed by atoms with E-state index in [1.807, 2.05) is 37.3 Å². The third kappa shape index (κ3) is 4.83. The summed E-state index contributed by atoms with van der Waals surface area (Å²) in [5, 5.41) is 5.62. The fraction of sp³-hybridized carbons (Fsp3) is 0.150. The molecule has 0 amide bonds. The molecule has 0 atom stereocenters. The van der Waals surface area contributed by atoms with E-state index >= 15 is 0 Å². The van der Waals surface area contributed by atoms with Crippen molar-refractivity contribution >= 4 is 16.6 Å². The van der Waals surface area contributed by atoms with E-state index in [1.165, 1.54) is 10.8 Å². The molecule has 3 aromatic carbocycles. The Hall–Kier alpha value is -2.45. The van der Waals surface area contributed by atoms with Gasteiger partial charge in [0, 0.05) is 5.56 Å². The first-order valence-electron chi connectivity index (χ1n) is 7.54. The number of carbonyl (C=O) groups excluding carboxylic acids is 1. The van der Waals surface area contributed by atoms with Gasteiger partial charge in [-0.3, -0.25) is 4.79 Å². The van der Waals surface area contributed by atoms with Crippen molar-refractivity contribution in [3.05, 3.63) is 84.4 Å². The number of fused-ring (bicyclic) bond motifs is 1. The van der Waals surface area contributed by atoms with Crippen LogP contribution >= 0.6 is 0 Å². The van der Waals surface area contributed by atoms with Crippen LogP contribution in [-0.2, 0) is 0 Å². The van der Waals surface area contributed by atoms with Gasteiger partial charge in [-0.05, 0) is 17.3 Å². The van der Waals surface area contributed by atoms with Gasteiger partial charge in [0.15, 0.2) is 5.78 Å². The zero-order valence-electron chi connectivity index (χ0n) is 12.8. The topological polar surface area (TPSA) is 29.1 Å². The van der Waals surface area contributed by atoms with Gasteiger partial charge in [0.25, 0.3) is 0 Å². The smallest absolute Gasteiger partial charge is 0.176 e. The SMILES string of the molecule is CCNCC(=O)c1ccccc1.c1ccc2ccccc2c1. The highest BCUT2D eigenvalue weighted by Gasteiger charge is 2.01. The molecule has 0 aliphatic carbocycles. The van der Waals surface area contributed by atoms with Gasteiger partial charge in [0.2, 0.25) is 0 Å². The van der Waals surface area contributed by atoms with Gasteiger partial charge in [0.05, 0.1) is 6.54 Å². The lowest BCUT2D eigenvalue weighted by Gasteiger charge is -1.99. The Kier molecular flexibility index (Phi) is 6.34. The van der Waals surface area contributed by atoms with Gasteiger partial charge in [-0.15, -0.1) is 0 Å². The standard InChI is InChI=1S/C10H13NO.C10H8/c1-2-11-8-10(12)9-6-4-3-5-7-9;1-2-6-10-8-4-3-7-9(10)5-1/h3-7,11H,2,8H2,1H3;1-8H. The van der Waals surface area contributed by atoms with E-state index in [-0.39, 0.29) is 5.78 Å². The van der Waals surface area contributed by atoms with Gasteiger partial charge in [-0.2, -0.15) is 0 Å². The zero-order valence-corrected chi connectivity index (χ0v) is 12.8. The molecule has 22 heavy (non-hydrogen) atoms. The summed E-state index contributed by atoms with van der Waals surface area (Å²) in [6.07, 6.45) is 0. The lowest BCUT2D eigenvalue weighted by atomic mass is 10.1. The summed E-state index contributed by atoms with van der Waals surface area (Å²) in [5.74, 6) is 0.150. The van der Waals surface area contributed by atoms with E-state index in [1.54, 1.807) is 0 Å². The van der Waals surface area contributed by atoms with Crippen molar-refractivity contribution in [3.63, 3.8) is 0 Å². The van der Waals surface area contributed by atoms with E-state index in [2.05, 4.69) is 53.8 Å². The predicted octanol–water partition coefficient (Wildman–Crippen LogP) is 4.32. The minimum atomic E-state index is 0.150. The molecule has 0 saturated heterocycles. The summed E-state index contributed by atoms with van der Waals surface area (Å²) in [7, 11) is 0. The third-order valence-corrected chi connectivity index (χ3v) is 3.29.